The summed E-state index contributed by atoms with van der Waals surface area (Å²) >= 11 is 0. The first-order chi connectivity index (χ1) is 11.6. The van der Waals surface area contributed by atoms with Gasteiger partial charge in [-0.15, -0.1) is 0 Å². The summed E-state index contributed by atoms with van der Waals surface area (Å²) in [6, 6.07) is 10.4. The highest BCUT2D eigenvalue weighted by Gasteiger charge is 2.21. The Morgan fingerprint density at radius 2 is 2.17 bits per heavy atom. The zero-order valence-electron chi connectivity index (χ0n) is 14.5. The van der Waals surface area contributed by atoms with Gasteiger partial charge in [-0.25, -0.2) is 4.98 Å². The Hall–Kier alpha value is -2.30. The van der Waals surface area contributed by atoms with Gasteiger partial charge in [0.25, 0.3) is 0 Å². The number of aromatic nitrogens is 2. The monoisotopic (exact) mass is 326 g/mol. The van der Waals surface area contributed by atoms with Crippen LogP contribution in [-0.2, 0) is 6.42 Å². The molecule has 0 aliphatic carbocycles. The number of aryl methyl sites for hydroxylation is 2. The summed E-state index contributed by atoms with van der Waals surface area (Å²) in [7, 11) is 1.72. The van der Waals surface area contributed by atoms with Crippen LogP contribution in [0.4, 0.5) is 11.8 Å². The molecule has 3 rings (SSSR count). The summed E-state index contributed by atoms with van der Waals surface area (Å²) in [5.41, 5.74) is 8.07. The molecule has 1 aromatic heterocycles. The topological polar surface area (TPSA) is 64.3 Å². The predicted octanol–water partition coefficient (Wildman–Crippen LogP) is 3.23. The minimum absolute atomic E-state index is 0.364. The van der Waals surface area contributed by atoms with Crippen LogP contribution in [0.15, 0.2) is 30.3 Å². The number of anilines is 2. The van der Waals surface area contributed by atoms with Gasteiger partial charge in [-0.1, -0.05) is 12.1 Å². The van der Waals surface area contributed by atoms with Crippen molar-refractivity contribution in [1.29, 1.82) is 0 Å². The molecular formula is C19H26N4O. The highest BCUT2D eigenvalue weighted by molar-refractivity contribution is 5.43. The van der Waals surface area contributed by atoms with Crippen molar-refractivity contribution >= 4 is 11.8 Å². The lowest BCUT2D eigenvalue weighted by atomic mass is 9.91. The number of methoxy groups -OCH3 is 1. The van der Waals surface area contributed by atoms with E-state index in [1.807, 2.05) is 19.1 Å². The number of benzene rings is 1. The van der Waals surface area contributed by atoms with Crippen molar-refractivity contribution < 1.29 is 4.74 Å². The van der Waals surface area contributed by atoms with Gasteiger partial charge in [-0.3, -0.25) is 0 Å². The van der Waals surface area contributed by atoms with Gasteiger partial charge >= 0.3 is 0 Å². The second-order valence-corrected chi connectivity index (χ2v) is 6.57. The van der Waals surface area contributed by atoms with E-state index in [0.29, 0.717) is 11.9 Å². The quantitative estimate of drug-likeness (QED) is 0.914. The summed E-state index contributed by atoms with van der Waals surface area (Å²) in [6.45, 7) is 4.05. The molecule has 0 bridgehead atoms. The van der Waals surface area contributed by atoms with Crippen LogP contribution < -0.4 is 15.4 Å². The molecule has 0 amide bonds. The van der Waals surface area contributed by atoms with Gasteiger partial charge in [-0.05, 0) is 56.2 Å². The lowest BCUT2D eigenvalue weighted by molar-refractivity contribution is 0.389. The molecule has 0 radical (unpaired) electrons. The van der Waals surface area contributed by atoms with Crippen molar-refractivity contribution in [2.24, 2.45) is 5.92 Å². The molecule has 1 aliphatic heterocycles. The van der Waals surface area contributed by atoms with Gasteiger partial charge in [0, 0.05) is 24.8 Å². The van der Waals surface area contributed by atoms with Gasteiger partial charge in [0.2, 0.25) is 5.95 Å². The van der Waals surface area contributed by atoms with Crippen LogP contribution in [-0.4, -0.2) is 30.2 Å². The number of nitrogens with two attached hydrogens (primary N) is 1. The highest BCUT2D eigenvalue weighted by Crippen LogP contribution is 2.26. The maximum atomic E-state index is 5.80. The molecule has 1 unspecified atom stereocenters. The number of nitrogen functional groups attached to an aromatic ring is 1. The van der Waals surface area contributed by atoms with Crippen molar-refractivity contribution in [3.8, 4) is 5.75 Å². The molecule has 24 heavy (non-hydrogen) atoms. The van der Waals surface area contributed by atoms with Crippen LogP contribution in [0.1, 0.15) is 30.5 Å². The van der Waals surface area contributed by atoms with Crippen LogP contribution in [0, 0.1) is 12.8 Å². The fourth-order valence-corrected chi connectivity index (χ4v) is 3.44. The number of nitrogens with zero attached hydrogens (tertiary/aromatic N) is 3. The maximum Gasteiger partial charge on any atom is 0.222 e. The third kappa shape index (κ3) is 4.16. The molecule has 1 aliphatic rings. The van der Waals surface area contributed by atoms with Gasteiger partial charge in [0.15, 0.2) is 0 Å². The maximum absolute atomic E-state index is 5.80. The van der Waals surface area contributed by atoms with Gasteiger partial charge in [-0.2, -0.15) is 4.98 Å². The van der Waals surface area contributed by atoms with Crippen molar-refractivity contribution in [1.82, 2.24) is 9.97 Å². The highest BCUT2D eigenvalue weighted by atomic mass is 16.5. The molecule has 5 heteroatoms. The zero-order valence-corrected chi connectivity index (χ0v) is 14.5. The van der Waals surface area contributed by atoms with Crippen LogP contribution in [0.3, 0.4) is 0 Å². The van der Waals surface area contributed by atoms with Crippen molar-refractivity contribution in [2.45, 2.75) is 32.6 Å². The molecule has 2 heterocycles. The average molecular weight is 326 g/mol. The van der Waals surface area contributed by atoms with Gasteiger partial charge in [0.05, 0.1) is 7.11 Å². The SMILES string of the molecule is COc1cccc(CCC2CCCN(c3cc(C)nc(N)n3)C2)c1. The summed E-state index contributed by atoms with van der Waals surface area (Å²) in [6.07, 6.45) is 4.75. The Morgan fingerprint density at radius 3 is 2.96 bits per heavy atom. The molecule has 128 valence electrons. The molecule has 1 fully saturated rings. The number of rotatable bonds is 5. The van der Waals surface area contributed by atoms with Crippen LogP contribution >= 0.6 is 0 Å². The second kappa shape index (κ2) is 7.51. The third-order valence-electron chi connectivity index (χ3n) is 4.68. The van der Waals surface area contributed by atoms with Crippen molar-refractivity contribution in [2.75, 3.05) is 30.8 Å². The molecular weight excluding hydrogens is 300 g/mol. The van der Waals surface area contributed by atoms with Crippen LogP contribution in [0.25, 0.3) is 0 Å². The minimum atomic E-state index is 0.364. The number of ether oxygens (including phenoxy) is 1. The lowest BCUT2D eigenvalue weighted by Crippen LogP contribution is -2.36. The lowest BCUT2D eigenvalue weighted by Gasteiger charge is -2.33. The largest absolute Gasteiger partial charge is 0.497 e. The Kier molecular flexibility index (Phi) is 5.18. The Morgan fingerprint density at radius 1 is 1.29 bits per heavy atom. The Balaban J connectivity index is 1.61. The van der Waals surface area contributed by atoms with Crippen molar-refractivity contribution in [3.63, 3.8) is 0 Å². The normalized spacial score (nSPS) is 17.8. The summed E-state index contributed by atoms with van der Waals surface area (Å²) < 4.78 is 5.31. The molecule has 5 nitrogen and oxygen atoms in total. The second-order valence-electron chi connectivity index (χ2n) is 6.57. The standard InChI is InChI=1S/C19H26N4O/c1-14-11-18(22-19(20)21-14)23-10-4-6-16(13-23)9-8-15-5-3-7-17(12-15)24-2/h3,5,7,11-12,16H,4,6,8-10,13H2,1-2H3,(H2,20,21,22). The zero-order chi connectivity index (χ0) is 16.9. The molecule has 2 aromatic rings. The van der Waals surface area contributed by atoms with E-state index in [-0.39, 0.29) is 0 Å². The van der Waals surface area contributed by atoms with E-state index in [1.165, 1.54) is 24.8 Å². The Labute approximate surface area is 143 Å². The molecule has 2 N–H and O–H groups in total. The fraction of sp³-hybridized carbons (Fsp3) is 0.474. The molecule has 1 atom stereocenters. The smallest absolute Gasteiger partial charge is 0.222 e. The van der Waals surface area contributed by atoms with E-state index in [1.54, 1.807) is 7.11 Å². The van der Waals surface area contributed by atoms with Gasteiger partial charge in [0.1, 0.15) is 11.6 Å². The fourth-order valence-electron chi connectivity index (χ4n) is 3.44. The Bertz CT molecular complexity index is 669. The van der Waals surface area contributed by atoms with E-state index >= 15 is 0 Å². The predicted molar refractivity (Wildman–Crippen MR) is 97.4 cm³/mol. The van der Waals surface area contributed by atoms with E-state index in [0.717, 1.165) is 36.8 Å². The minimum Gasteiger partial charge on any atom is -0.497 e. The number of hydrogen-bond donors (Lipinski definition) is 1. The van der Waals surface area contributed by atoms with Crippen LogP contribution in [0.2, 0.25) is 0 Å². The molecule has 0 saturated carbocycles. The molecule has 1 aromatic carbocycles. The van der Waals surface area contributed by atoms with E-state index in [9.17, 15) is 0 Å². The summed E-state index contributed by atoms with van der Waals surface area (Å²) in [5.74, 6) is 2.95. The number of piperidine rings is 1. The molecule has 1 saturated heterocycles. The van der Waals surface area contributed by atoms with Crippen molar-refractivity contribution in [3.05, 3.63) is 41.6 Å². The summed E-state index contributed by atoms with van der Waals surface area (Å²) in [5, 5.41) is 0. The van der Waals surface area contributed by atoms with Crippen LogP contribution in [0.5, 0.6) is 5.75 Å². The first kappa shape index (κ1) is 16.6. The summed E-state index contributed by atoms with van der Waals surface area (Å²) in [4.78, 5) is 10.9. The van der Waals surface area contributed by atoms with E-state index < -0.39 is 0 Å². The van der Waals surface area contributed by atoms with E-state index in [2.05, 4.69) is 33.1 Å². The first-order valence-corrected chi connectivity index (χ1v) is 8.63. The van der Waals surface area contributed by atoms with Gasteiger partial charge < -0.3 is 15.4 Å². The van der Waals surface area contributed by atoms with E-state index in [4.69, 9.17) is 10.5 Å². The third-order valence-corrected chi connectivity index (χ3v) is 4.68. The molecule has 0 spiro atoms. The number of hydrogen-bond acceptors (Lipinski definition) is 5. The first-order valence-electron chi connectivity index (χ1n) is 8.63. The average Bonchev–Trinajstić information content (AvgIpc) is 2.59.